The molecule has 0 bridgehead atoms. The van der Waals surface area contributed by atoms with Gasteiger partial charge in [0.15, 0.2) is 0 Å². The number of halogens is 1. The highest BCUT2D eigenvalue weighted by atomic mass is 35.5. The third kappa shape index (κ3) is 2.72. The maximum Gasteiger partial charge on any atom is 0.0630 e. The average Bonchev–Trinajstić information content (AvgIpc) is 2.15. The fourth-order valence-electron chi connectivity index (χ4n) is 1.29. The quantitative estimate of drug-likeness (QED) is 0.783. The zero-order valence-electron chi connectivity index (χ0n) is 9.71. The van der Waals surface area contributed by atoms with Crippen LogP contribution in [0.1, 0.15) is 31.0 Å². The van der Waals surface area contributed by atoms with Gasteiger partial charge in [-0.25, -0.2) is 0 Å². The summed E-state index contributed by atoms with van der Waals surface area (Å²) in [6.07, 6.45) is 1.82. The van der Waals surface area contributed by atoms with Crippen LogP contribution in [0.5, 0.6) is 0 Å². The first kappa shape index (κ1) is 12.1. The van der Waals surface area contributed by atoms with Gasteiger partial charge >= 0.3 is 0 Å². The van der Waals surface area contributed by atoms with Gasteiger partial charge in [0, 0.05) is 31.6 Å². The predicted octanol–water partition coefficient (Wildman–Crippen LogP) is 3.39. The largest absolute Gasteiger partial charge is 0.378 e. The lowest BCUT2D eigenvalue weighted by atomic mass is 10.1. The summed E-state index contributed by atoms with van der Waals surface area (Å²) in [5.41, 5.74) is 2.82. The van der Waals surface area contributed by atoms with Gasteiger partial charge in [0.25, 0.3) is 0 Å². The summed E-state index contributed by atoms with van der Waals surface area (Å²) in [5.74, 6) is 0.346. The molecule has 1 aromatic heterocycles. The van der Waals surface area contributed by atoms with Gasteiger partial charge in [-0.1, -0.05) is 32.0 Å². The topological polar surface area (TPSA) is 16.1 Å². The van der Waals surface area contributed by atoms with Crippen molar-refractivity contribution in [3.8, 4) is 0 Å². The fraction of sp³-hybridized carbons (Fsp3) is 0.417. The Bertz CT molecular complexity index is 370. The first-order valence-electron chi connectivity index (χ1n) is 4.95. The van der Waals surface area contributed by atoms with Crippen molar-refractivity contribution < 1.29 is 0 Å². The van der Waals surface area contributed by atoms with Crippen LogP contribution in [0.4, 0.5) is 0 Å². The molecular formula is C12H17ClN2. The molecule has 0 aliphatic heterocycles. The van der Waals surface area contributed by atoms with Crippen molar-refractivity contribution in [2.75, 3.05) is 14.1 Å². The highest BCUT2D eigenvalue weighted by Crippen LogP contribution is 2.25. The van der Waals surface area contributed by atoms with Crippen LogP contribution in [0.25, 0.3) is 5.70 Å². The van der Waals surface area contributed by atoms with Gasteiger partial charge in [-0.3, -0.25) is 4.98 Å². The van der Waals surface area contributed by atoms with Crippen molar-refractivity contribution >= 4 is 17.3 Å². The zero-order valence-corrected chi connectivity index (χ0v) is 10.5. The Morgan fingerprint density at radius 1 is 1.47 bits per heavy atom. The Morgan fingerprint density at radius 3 is 2.47 bits per heavy atom. The number of aromatic nitrogens is 1. The summed E-state index contributed by atoms with van der Waals surface area (Å²) in [5, 5.41) is 0.713. The summed E-state index contributed by atoms with van der Waals surface area (Å²) in [4.78, 5) is 6.31. The van der Waals surface area contributed by atoms with Crippen molar-refractivity contribution in [2.24, 2.45) is 0 Å². The molecule has 0 fully saturated rings. The monoisotopic (exact) mass is 224 g/mol. The Kier molecular flexibility index (Phi) is 3.75. The summed E-state index contributed by atoms with van der Waals surface area (Å²) >= 11 is 6.15. The Hall–Kier alpha value is -1.02. The molecule has 0 aliphatic rings. The van der Waals surface area contributed by atoms with Gasteiger partial charge in [0.1, 0.15) is 0 Å². The molecule has 0 unspecified atom stereocenters. The lowest BCUT2D eigenvalue weighted by Crippen LogP contribution is -2.09. The van der Waals surface area contributed by atoms with Gasteiger partial charge in [-0.15, -0.1) is 0 Å². The number of hydrogen-bond donors (Lipinski definition) is 0. The highest BCUT2D eigenvalue weighted by molar-refractivity contribution is 6.31. The molecule has 0 aromatic carbocycles. The van der Waals surface area contributed by atoms with Gasteiger partial charge in [0.05, 0.1) is 10.7 Å². The molecule has 0 aliphatic carbocycles. The third-order valence-electron chi connectivity index (χ3n) is 2.29. The molecule has 1 heterocycles. The maximum atomic E-state index is 6.15. The number of hydrogen-bond acceptors (Lipinski definition) is 2. The predicted molar refractivity (Wildman–Crippen MR) is 66.1 cm³/mol. The van der Waals surface area contributed by atoms with Crippen LogP contribution in [0.15, 0.2) is 18.8 Å². The molecular weight excluding hydrogens is 208 g/mol. The van der Waals surface area contributed by atoms with Crippen molar-refractivity contribution in [3.05, 3.63) is 35.1 Å². The fourth-order valence-corrected chi connectivity index (χ4v) is 1.67. The van der Waals surface area contributed by atoms with E-state index in [2.05, 4.69) is 25.4 Å². The van der Waals surface area contributed by atoms with Gasteiger partial charge in [0.2, 0.25) is 0 Å². The molecule has 0 atom stereocenters. The highest BCUT2D eigenvalue weighted by Gasteiger charge is 2.09. The number of rotatable bonds is 3. The second-order valence-electron chi connectivity index (χ2n) is 4.09. The lowest BCUT2D eigenvalue weighted by Gasteiger charge is -2.16. The Balaban J connectivity index is 3.07. The van der Waals surface area contributed by atoms with Crippen LogP contribution in [0.3, 0.4) is 0 Å². The summed E-state index contributed by atoms with van der Waals surface area (Å²) < 4.78 is 0. The molecule has 2 nitrogen and oxygen atoms in total. The molecule has 3 heteroatoms. The van der Waals surface area contributed by atoms with E-state index in [1.807, 2.05) is 31.3 Å². The Morgan fingerprint density at radius 2 is 2.07 bits per heavy atom. The number of nitrogens with zero attached hydrogens (tertiary/aromatic N) is 2. The van der Waals surface area contributed by atoms with Crippen LogP contribution < -0.4 is 0 Å². The van der Waals surface area contributed by atoms with E-state index in [-0.39, 0.29) is 0 Å². The molecule has 0 radical (unpaired) electrons. The normalized spacial score (nSPS) is 10.5. The molecule has 1 rings (SSSR count). The van der Waals surface area contributed by atoms with Gasteiger partial charge < -0.3 is 4.90 Å². The van der Waals surface area contributed by atoms with Crippen molar-refractivity contribution in [1.82, 2.24) is 9.88 Å². The lowest BCUT2D eigenvalue weighted by molar-refractivity contribution is 0.593. The van der Waals surface area contributed by atoms with Crippen molar-refractivity contribution in [1.29, 1.82) is 0 Å². The minimum Gasteiger partial charge on any atom is -0.378 e. The van der Waals surface area contributed by atoms with Crippen LogP contribution >= 0.6 is 11.6 Å². The molecule has 0 amide bonds. The average molecular weight is 225 g/mol. The minimum absolute atomic E-state index is 0.346. The zero-order chi connectivity index (χ0) is 11.6. The molecule has 0 saturated heterocycles. The second kappa shape index (κ2) is 4.67. The minimum atomic E-state index is 0.346. The van der Waals surface area contributed by atoms with E-state index in [1.165, 1.54) is 0 Å². The smallest absolute Gasteiger partial charge is 0.0630 e. The van der Waals surface area contributed by atoms with Crippen molar-refractivity contribution in [2.45, 2.75) is 19.8 Å². The molecule has 1 aromatic rings. The summed E-state index contributed by atoms with van der Waals surface area (Å²) in [6, 6.07) is 1.92. The van der Waals surface area contributed by atoms with Crippen LogP contribution in [0, 0.1) is 0 Å². The molecule has 15 heavy (non-hydrogen) atoms. The van der Waals surface area contributed by atoms with E-state index in [9.17, 15) is 0 Å². The summed E-state index contributed by atoms with van der Waals surface area (Å²) in [7, 11) is 3.90. The number of pyridine rings is 1. The van der Waals surface area contributed by atoms with E-state index < -0.39 is 0 Å². The maximum absolute atomic E-state index is 6.15. The molecule has 82 valence electrons. The van der Waals surface area contributed by atoms with Gasteiger partial charge in [-0.05, 0) is 12.0 Å². The van der Waals surface area contributed by atoms with E-state index in [0.717, 1.165) is 17.0 Å². The van der Waals surface area contributed by atoms with Crippen molar-refractivity contribution in [3.63, 3.8) is 0 Å². The van der Waals surface area contributed by atoms with E-state index in [4.69, 9.17) is 11.6 Å². The van der Waals surface area contributed by atoms with E-state index in [1.54, 1.807) is 0 Å². The van der Waals surface area contributed by atoms with E-state index >= 15 is 0 Å². The molecule has 0 N–H and O–H groups in total. The molecule has 0 spiro atoms. The second-order valence-corrected chi connectivity index (χ2v) is 4.49. The summed E-state index contributed by atoms with van der Waals surface area (Å²) in [6.45, 7) is 8.12. The Labute approximate surface area is 96.6 Å². The van der Waals surface area contributed by atoms with Crippen LogP contribution in [-0.4, -0.2) is 24.0 Å². The third-order valence-corrected chi connectivity index (χ3v) is 2.59. The van der Waals surface area contributed by atoms with Crippen LogP contribution in [-0.2, 0) is 0 Å². The SMILES string of the molecule is C=C(c1cnc(C(C)C)c(Cl)c1)N(C)C. The van der Waals surface area contributed by atoms with E-state index in [0.29, 0.717) is 10.9 Å². The molecule has 0 saturated carbocycles. The first-order valence-corrected chi connectivity index (χ1v) is 5.33. The first-order chi connectivity index (χ1) is 6.93. The standard InChI is InChI=1S/C12H17ClN2/c1-8(2)12-11(13)6-10(7-14-12)9(3)15(4)5/h6-8H,3H2,1-2,4-5H3. The van der Waals surface area contributed by atoms with Crippen LogP contribution in [0.2, 0.25) is 5.02 Å². The van der Waals surface area contributed by atoms with Gasteiger partial charge in [-0.2, -0.15) is 0 Å².